The Morgan fingerprint density at radius 1 is 1.47 bits per heavy atom. The molecule has 0 aliphatic carbocycles. The van der Waals surface area contributed by atoms with Gasteiger partial charge in [0.25, 0.3) is 0 Å². The normalized spacial score (nSPS) is 11.9. The predicted octanol–water partition coefficient (Wildman–Crippen LogP) is 1.82. The van der Waals surface area contributed by atoms with Crippen LogP contribution in [-0.2, 0) is 0 Å². The molecule has 0 saturated carbocycles. The summed E-state index contributed by atoms with van der Waals surface area (Å²) in [6.07, 6.45) is 0. The van der Waals surface area contributed by atoms with E-state index in [1.54, 1.807) is 6.92 Å². The minimum absolute atomic E-state index is 0.0298. The van der Waals surface area contributed by atoms with Crippen molar-refractivity contribution in [3.05, 3.63) is 23.8 Å². The van der Waals surface area contributed by atoms with Gasteiger partial charge in [-0.05, 0) is 6.92 Å². The van der Waals surface area contributed by atoms with Crippen LogP contribution < -0.4 is 10.1 Å². The van der Waals surface area contributed by atoms with Crippen molar-refractivity contribution in [2.24, 2.45) is 0 Å². The van der Waals surface area contributed by atoms with Gasteiger partial charge in [-0.2, -0.15) is 0 Å². The number of anilines is 1. The summed E-state index contributed by atoms with van der Waals surface area (Å²) in [6.45, 7) is 1.42. The third kappa shape index (κ3) is 3.54. The molecule has 0 saturated heterocycles. The fourth-order valence-electron chi connectivity index (χ4n) is 1.36. The lowest BCUT2D eigenvalue weighted by molar-refractivity contribution is 0.166. The summed E-state index contributed by atoms with van der Waals surface area (Å²) in [5.41, 5.74) is -0.0298. The first-order valence-corrected chi connectivity index (χ1v) is 5.58. The number of halogens is 2. The van der Waals surface area contributed by atoms with Crippen LogP contribution in [0.3, 0.4) is 0 Å². The molecule has 1 rings (SSSR count). The highest BCUT2D eigenvalue weighted by molar-refractivity contribution is 5.89. The second-order valence-corrected chi connectivity index (χ2v) is 4.05. The monoisotopic (exact) mass is 274 g/mol. The summed E-state index contributed by atoms with van der Waals surface area (Å²) in [7, 11) is 2.61. The molecule has 0 aliphatic heterocycles. The molecular formula is C12H16F2N2O3. The Morgan fingerprint density at radius 2 is 2.00 bits per heavy atom. The summed E-state index contributed by atoms with van der Waals surface area (Å²) < 4.78 is 31.4. The average Bonchev–Trinajstić information content (AvgIpc) is 2.36. The molecule has 0 bridgehead atoms. The van der Waals surface area contributed by atoms with E-state index >= 15 is 0 Å². The maximum Gasteiger partial charge on any atom is 0.321 e. The van der Waals surface area contributed by atoms with Crippen LogP contribution >= 0.6 is 0 Å². The van der Waals surface area contributed by atoms with Gasteiger partial charge >= 0.3 is 6.03 Å². The van der Waals surface area contributed by atoms with E-state index in [9.17, 15) is 13.6 Å². The molecule has 106 valence electrons. The summed E-state index contributed by atoms with van der Waals surface area (Å²) >= 11 is 0. The van der Waals surface area contributed by atoms with Gasteiger partial charge in [0.15, 0.2) is 17.4 Å². The number of amides is 2. The van der Waals surface area contributed by atoms with Crippen molar-refractivity contribution in [2.75, 3.05) is 26.1 Å². The number of nitrogens with zero attached hydrogens (tertiary/aromatic N) is 1. The molecule has 0 radical (unpaired) electrons. The Kier molecular flexibility index (Phi) is 5.05. The highest BCUT2D eigenvalue weighted by Crippen LogP contribution is 2.25. The SMILES string of the molecule is COc1c(F)cc(NC(=O)N(C)C(C)CO)cc1F. The van der Waals surface area contributed by atoms with E-state index in [1.165, 1.54) is 11.9 Å². The number of benzene rings is 1. The second kappa shape index (κ2) is 6.33. The molecule has 1 unspecified atom stereocenters. The number of ether oxygens (including phenoxy) is 1. The maximum absolute atomic E-state index is 13.4. The fraction of sp³-hybridized carbons (Fsp3) is 0.417. The summed E-state index contributed by atoms with van der Waals surface area (Å²) in [5.74, 6) is -2.32. The average molecular weight is 274 g/mol. The molecule has 5 nitrogen and oxygen atoms in total. The van der Waals surface area contributed by atoms with Gasteiger partial charge in [0.2, 0.25) is 0 Å². The van der Waals surface area contributed by atoms with Crippen molar-refractivity contribution in [3.8, 4) is 5.75 Å². The number of carbonyl (C=O) groups excluding carboxylic acids is 1. The highest BCUT2D eigenvalue weighted by Gasteiger charge is 2.17. The smallest absolute Gasteiger partial charge is 0.321 e. The molecule has 0 fully saturated rings. The Morgan fingerprint density at radius 3 is 2.42 bits per heavy atom. The first-order valence-electron chi connectivity index (χ1n) is 5.58. The van der Waals surface area contributed by atoms with Gasteiger partial charge < -0.3 is 20.1 Å². The van der Waals surface area contributed by atoms with Gasteiger partial charge in [0, 0.05) is 24.9 Å². The van der Waals surface area contributed by atoms with E-state index in [4.69, 9.17) is 5.11 Å². The van der Waals surface area contributed by atoms with Crippen LogP contribution in [0.25, 0.3) is 0 Å². The third-order valence-electron chi connectivity index (χ3n) is 2.70. The van der Waals surface area contributed by atoms with Crippen molar-refractivity contribution in [1.82, 2.24) is 4.90 Å². The Hall–Kier alpha value is -1.89. The van der Waals surface area contributed by atoms with Crippen LogP contribution in [0.5, 0.6) is 5.75 Å². The summed E-state index contributed by atoms with van der Waals surface area (Å²) in [5, 5.41) is 11.2. The van der Waals surface area contributed by atoms with Gasteiger partial charge in [-0.1, -0.05) is 0 Å². The van der Waals surface area contributed by atoms with Crippen molar-refractivity contribution < 1.29 is 23.4 Å². The van der Waals surface area contributed by atoms with Crippen molar-refractivity contribution in [3.63, 3.8) is 0 Å². The van der Waals surface area contributed by atoms with Crippen LogP contribution in [0.15, 0.2) is 12.1 Å². The Bertz CT molecular complexity index is 445. The summed E-state index contributed by atoms with van der Waals surface area (Å²) in [6, 6.07) is 0.924. The molecule has 19 heavy (non-hydrogen) atoms. The van der Waals surface area contributed by atoms with Crippen LogP contribution in [0, 0.1) is 11.6 Å². The van der Waals surface area contributed by atoms with Gasteiger partial charge in [-0.3, -0.25) is 0 Å². The molecule has 2 amide bonds. The quantitative estimate of drug-likeness (QED) is 0.880. The zero-order valence-electron chi connectivity index (χ0n) is 10.9. The number of aliphatic hydroxyl groups excluding tert-OH is 1. The fourth-order valence-corrected chi connectivity index (χ4v) is 1.36. The number of aliphatic hydroxyl groups is 1. The topological polar surface area (TPSA) is 61.8 Å². The molecule has 0 aliphatic rings. The van der Waals surface area contributed by atoms with Gasteiger partial charge in [0.1, 0.15) is 0 Å². The molecule has 1 aromatic carbocycles. The maximum atomic E-state index is 13.4. The van der Waals surface area contributed by atoms with E-state index in [-0.39, 0.29) is 12.3 Å². The zero-order chi connectivity index (χ0) is 14.6. The number of hydrogen-bond acceptors (Lipinski definition) is 3. The van der Waals surface area contributed by atoms with Crippen molar-refractivity contribution >= 4 is 11.7 Å². The van der Waals surface area contributed by atoms with Gasteiger partial charge in [0.05, 0.1) is 19.8 Å². The van der Waals surface area contributed by atoms with E-state index in [0.29, 0.717) is 0 Å². The lowest BCUT2D eigenvalue weighted by atomic mass is 10.2. The van der Waals surface area contributed by atoms with E-state index in [2.05, 4.69) is 10.1 Å². The molecule has 1 atom stereocenters. The van der Waals surface area contributed by atoms with E-state index in [1.807, 2.05) is 0 Å². The number of carbonyl (C=O) groups is 1. The van der Waals surface area contributed by atoms with Crippen LogP contribution in [0.2, 0.25) is 0 Å². The molecule has 0 spiro atoms. The third-order valence-corrected chi connectivity index (χ3v) is 2.70. The van der Waals surface area contributed by atoms with Gasteiger partial charge in [-0.15, -0.1) is 0 Å². The first-order chi connectivity index (χ1) is 8.90. The van der Waals surface area contributed by atoms with Crippen molar-refractivity contribution in [2.45, 2.75) is 13.0 Å². The number of urea groups is 1. The van der Waals surface area contributed by atoms with E-state index < -0.39 is 29.5 Å². The summed E-state index contributed by atoms with van der Waals surface area (Å²) in [4.78, 5) is 12.9. The molecule has 0 heterocycles. The van der Waals surface area contributed by atoms with Gasteiger partial charge in [-0.25, -0.2) is 13.6 Å². The lowest BCUT2D eigenvalue weighted by Gasteiger charge is -2.23. The van der Waals surface area contributed by atoms with Crippen LogP contribution in [0.4, 0.5) is 19.3 Å². The minimum Gasteiger partial charge on any atom is -0.491 e. The van der Waals surface area contributed by atoms with Crippen molar-refractivity contribution in [1.29, 1.82) is 0 Å². The molecule has 2 N–H and O–H groups in total. The van der Waals surface area contributed by atoms with Crippen LogP contribution in [0.1, 0.15) is 6.92 Å². The highest BCUT2D eigenvalue weighted by atomic mass is 19.1. The first kappa shape index (κ1) is 15.2. The number of methoxy groups -OCH3 is 1. The lowest BCUT2D eigenvalue weighted by Crippen LogP contribution is -2.40. The number of likely N-dealkylation sites (N-methyl/N-ethyl adjacent to an activating group) is 1. The number of nitrogens with one attached hydrogen (secondary N) is 1. The van der Waals surface area contributed by atoms with E-state index in [0.717, 1.165) is 19.2 Å². The number of rotatable bonds is 4. The largest absolute Gasteiger partial charge is 0.491 e. The van der Waals surface area contributed by atoms with Crippen LogP contribution in [-0.4, -0.2) is 42.8 Å². The molecule has 1 aromatic rings. The molecule has 7 heteroatoms. The second-order valence-electron chi connectivity index (χ2n) is 4.05. The molecular weight excluding hydrogens is 258 g/mol. The predicted molar refractivity (Wildman–Crippen MR) is 66.2 cm³/mol. The Labute approximate surface area is 109 Å². The standard InChI is InChI=1S/C12H16F2N2O3/c1-7(6-17)16(2)12(18)15-8-4-9(13)11(19-3)10(14)5-8/h4-5,7,17H,6H2,1-3H3,(H,15,18). The molecule has 0 aromatic heterocycles. The Balaban J connectivity index is 2.86. The number of hydrogen-bond donors (Lipinski definition) is 2. The minimum atomic E-state index is -0.907. The zero-order valence-corrected chi connectivity index (χ0v) is 10.9.